The molecule has 0 saturated carbocycles. The van der Waals surface area contributed by atoms with Crippen molar-refractivity contribution in [1.29, 1.82) is 0 Å². The zero-order valence-corrected chi connectivity index (χ0v) is 16.6. The first-order chi connectivity index (χ1) is 13.6. The molecule has 4 heteroatoms. The maximum atomic E-state index is 13.1. The maximum absolute atomic E-state index is 13.1. The fraction of sp³-hybridized carbons (Fsp3) is 0.167. The lowest BCUT2D eigenvalue weighted by Gasteiger charge is -2.21. The highest BCUT2D eigenvalue weighted by molar-refractivity contribution is 6.35. The van der Waals surface area contributed by atoms with Crippen molar-refractivity contribution in [1.82, 2.24) is 4.98 Å². The highest BCUT2D eigenvalue weighted by atomic mass is 35.5. The monoisotopic (exact) mass is 405 g/mol. The van der Waals surface area contributed by atoms with E-state index in [1.807, 2.05) is 0 Å². The smallest absolute Gasteiger partial charge is 0.172 e. The molecule has 138 valence electrons. The number of carbonyl (C=O) groups excluding carboxylic acids is 1. The van der Waals surface area contributed by atoms with Gasteiger partial charge >= 0.3 is 0 Å². The molecule has 0 bridgehead atoms. The Morgan fingerprint density at radius 3 is 2.75 bits per heavy atom. The number of Topliss-reactive ketones (excluding diaryl/α,β-unsaturated/α-hetero) is 1. The summed E-state index contributed by atoms with van der Waals surface area (Å²) in [7, 11) is 0. The van der Waals surface area contributed by atoms with E-state index in [1.54, 1.807) is 6.07 Å². The van der Waals surface area contributed by atoms with Gasteiger partial charge in [-0.3, -0.25) is 4.79 Å². The molecule has 28 heavy (non-hydrogen) atoms. The standard InChI is InChI=1S/C24H17Cl2NO/c25-17-12-22(24(26)27-13-17)23(28)16-6-5-15-8-9-19-18-4-2-1-3-14(18)7-10-20(19)21(15)11-16/h1-4,8-13,16H,5-7H2. The third-order valence-corrected chi connectivity index (χ3v) is 6.22. The third kappa shape index (κ3) is 2.88. The van der Waals surface area contributed by atoms with Crippen LogP contribution in [0.4, 0.5) is 0 Å². The summed E-state index contributed by atoms with van der Waals surface area (Å²) in [6.45, 7) is 0. The number of hydrogen-bond donors (Lipinski definition) is 0. The van der Waals surface area contributed by atoms with Crippen LogP contribution in [0.1, 0.15) is 27.9 Å². The molecule has 5 rings (SSSR count). The van der Waals surface area contributed by atoms with Crippen molar-refractivity contribution < 1.29 is 4.79 Å². The van der Waals surface area contributed by atoms with Gasteiger partial charge in [0.25, 0.3) is 0 Å². The van der Waals surface area contributed by atoms with Crippen molar-refractivity contribution in [2.24, 2.45) is 5.92 Å². The molecule has 2 aliphatic carbocycles. The van der Waals surface area contributed by atoms with Gasteiger partial charge in [-0.15, -0.1) is 0 Å². The zero-order valence-electron chi connectivity index (χ0n) is 15.1. The summed E-state index contributed by atoms with van der Waals surface area (Å²) in [5, 5.41) is 3.06. The highest BCUT2D eigenvalue weighted by Gasteiger charge is 2.25. The zero-order chi connectivity index (χ0) is 19.3. The number of rotatable bonds is 2. The Hall–Kier alpha value is -2.42. The first-order valence-electron chi connectivity index (χ1n) is 9.39. The van der Waals surface area contributed by atoms with E-state index in [0.717, 1.165) is 19.3 Å². The van der Waals surface area contributed by atoms with Gasteiger partial charge in [-0.25, -0.2) is 4.98 Å². The third-order valence-electron chi connectivity index (χ3n) is 5.71. The van der Waals surface area contributed by atoms with Gasteiger partial charge in [-0.2, -0.15) is 0 Å². The summed E-state index contributed by atoms with van der Waals surface area (Å²) in [5.41, 5.74) is 5.57. The van der Waals surface area contributed by atoms with E-state index in [-0.39, 0.29) is 16.9 Å². The molecule has 1 atom stereocenters. The minimum Gasteiger partial charge on any atom is -0.293 e. The van der Waals surface area contributed by atoms with E-state index < -0.39 is 0 Å². The molecule has 0 amide bonds. The average Bonchev–Trinajstić information content (AvgIpc) is 2.74. The highest BCUT2D eigenvalue weighted by Crippen LogP contribution is 2.27. The summed E-state index contributed by atoms with van der Waals surface area (Å²) in [5.74, 6) is -0.234. The van der Waals surface area contributed by atoms with Crippen LogP contribution in [0.5, 0.6) is 0 Å². The van der Waals surface area contributed by atoms with Crippen LogP contribution >= 0.6 is 23.2 Å². The van der Waals surface area contributed by atoms with Gasteiger partial charge in [0.15, 0.2) is 5.78 Å². The maximum Gasteiger partial charge on any atom is 0.172 e. The molecule has 2 aliphatic rings. The van der Waals surface area contributed by atoms with Crippen LogP contribution < -0.4 is 10.4 Å². The van der Waals surface area contributed by atoms with Crippen LogP contribution in [0.25, 0.3) is 23.3 Å². The Balaban J connectivity index is 1.64. The van der Waals surface area contributed by atoms with Crippen molar-refractivity contribution in [2.75, 3.05) is 0 Å². The van der Waals surface area contributed by atoms with Gasteiger partial charge in [0.05, 0.1) is 10.6 Å². The lowest BCUT2D eigenvalue weighted by Crippen LogP contribution is -2.37. The predicted octanol–water partition coefficient (Wildman–Crippen LogP) is 4.62. The number of halogens is 2. The van der Waals surface area contributed by atoms with E-state index in [9.17, 15) is 4.79 Å². The Bertz CT molecular complexity index is 1250. The van der Waals surface area contributed by atoms with Crippen LogP contribution in [-0.2, 0) is 12.8 Å². The molecule has 1 unspecified atom stereocenters. The lowest BCUT2D eigenvalue weighted by molar-refractivity contribution is 0.0946. The van der Waals surface area contributed by atoms with Crippen LogP contribution in [0, 0.1) is 5.92 Å². The van der Waals surface area contributed by atoms with Crippen molar-refractivity contribution in [3.8, 4) is 11.1 Å². The number of pyridine rings is 1. The largest absolute Gasteiger partial charge is 0.293 e. The van der Waals surface area contributed by atoms with E-state index >= 15 is 0 Å². The van der Waals surface area contributed by atoms with Gasteiger partial charge in [0.2, 0.25) is 0 Å². The number of fused-ring (bicyclic) bond motifs is 5. The molecular formula is C24H17Cl2NO. The Labute approximate surface area is 173 Å². The summed E-state index contributed by atoms with van der Waals surface area (Å²) in [4.78, 5) is 17.2. The Kier molecular flexibility index (Phi) is 4.34. The van der Waals surface area contributed by atoms with E-state index in [1.165, 1.54) is 38.9 Å². The Morgan fingerprint density at radius 1 is 1.00 bits per heavy atom. The molecule has 0 saturated heterocycles. The van der Waals surface area contributed by atoms with Crippen LogP contribution in [0.15, 0.2) is 48.7 Å². The minimum atomic E-state index is -0.220. The number of hydrogen-bond acceptors (Lipinski definition) is 2. The van der Waals surface area contributed by atoms with E-state index in [0.29, 0.717) is 10.6 Å². The summed E-state index contributed by atoms with van der Waals surface area (Å²) in [6, 6.07) is 14.6. The number of aromatic nitrogens is 1. The SMILES string of the molecule is O=C(c1cc(Cl)cnc1Cl)C1C=c2c(ccc3c2=CCc2ccccc2-3)CC1. The molecule has 0 aliphatic heterocycles. The van der Waals surface area contributed by atoms with Crippen LogP contribution in [-0.4, -0.2) is 10.8 Å². The van der Waals surface area contributed by atoms with Crippen molar-refractivity contribution in [2.45, 2.75) is 19.3 Å². The molecule has 0 fully saturated rings. The summed E-state index contributed by atoms with van der Waals surface area (Å²) >= 11 is 12.2. The molecule has 2 aromatic carbocycles. The lowest BCUT2D eigenvalue weighted by atomic mass is 9.82. The molecule has 0 radical (unpaired) electrons. The molecule has 0 spiro atoms. The van der Waals surface area contributed by atoms with Crippen molar-refractivity contribution in [3.63, 3.8) is 0 Å². The summed E-state index contributed by atoms with van der Waals surface area (Å²) < 4.78 is 0. The first-order valence-corrected chi connectivity index (χ1v) is 10.1. The fourth-order valence-corrected chi connectivity index (χ4v) is 4.68. The summed E-state index contributed by atoms with van der Waals surface area (Å²) in [6.07, 6.45) is 8.41. The predicted molar refractivity (Wildman–Crippen MR) is 114 cm³/mol. The van der Waals surface area contributed by atoms with Gasteiger partial charge < -0.3 is 0 Å². The van der Waals surface area contributed by atoms with Crippen LogP contribution in [0.2, 0.25) is 10.2 Å². The second kappa shape index (κ2) is 6.88. The number of ketones is 1. The second-order valence-corrected chi connectivity index (χ2v) is 8.13. The number of aryl methyl sites for hydroxylation is 1. The van der Waals surface area contributed by atoms with E-state index in [2.05, 4.69) is 53.5 Å². The average molecular weight is 406 g/mol. The molecular weight excluding hydrogens is 389 g/mol. The van der Waals surface area contributed by atoms with Gasteiger partial charge in [-0.1, -0.05) is 71.8 Å². The van der Waals surface area contributed by atoms with Crippen molar-refractivity contribution >= 4 is 41.1 Å². The first kappa shape index (κ1) is 17.7. The number of benzene rings is 2. The Morgan fingerprint density at radius 2 is 1.86 bits per heavy atom. The van der Waals surface area contributed by atoms with Crippen LogP contribution in [0.3, 0.4) is 0 Å². The molecule has 0 N–H and O–H groups in total. The van der Waals surface area contributed by atoms with Gasteiger partial charge in [0, 0.05) is 12.1 Å². The fourth-order valence-electron chi connectivity index (χ4n) is 4.32. The topological polar surface area (TPSA) is 30.0 Å². The molecule has 1 heterocycles. The second-order valence-electron chi connectivity index (χ2n) is 7.33. The van der Waals surface area contributed by atoms with Gasteiger partial charge in [-0.05, 0) is 58.0 Å². The van der Waals surface area contributed by atoms with Gasteiger partial charge in [0.1, 0.15) is 5.15 Å². The quantitative estimate of drug-likeness (QED) is 0.459. The number of nitrogens with zero attached hydrogens (tertiary/aromatic N) is 1. The normalized spacial score (nSPS) is 16.9. The molecule has 1 aromatic heterocycles. The van der Waals surface area contributed by atoms with Crippen molar-refractivity contribution in [3.05, 3.63) is 86.0 Å². The minimum absolute atomic E-state index is 0.0144. The molecule has 2 nitrogen and oxygen atoms in total. The van der Waals surface area contributed by atoms with E-state index in [4.69, 9.17) is 23.2 Å². The molecule has 3 aromatic rings. The number of carbonyl (C=O) groups is 1.